The lowest BCUT2D eigenvalue weighted by Crippen LogP contribution is -1.92. The van der Waals surface area contributed by atoms with Crippen molar-refractivity contribution in [1.29, 1.82) is 0 Å². The second-order valence-corrected chi connectivity index (χ2v) is 10.8. The molecular weight excluding hydrogens is 593 g/mol. The molecule has 0 amide bonds. The van der Waals surface area contributed by atoms with Gasteiger partial charge in [0.25, 0.3) is 0 Å². The minimum atomic E-state index is -0.970. The average molecular weight is 650 g/mol. The number of hydrogen-bond acceptors (Lipinski definition) is 1. The van der Waals surface area contributed by atoms with Crippen molar-refractivity contribution in [2.75, 3.05) is 0 Å². The lowest BCUT2D eigenvalue weighted by atomic mass is 9.84. The van der Waals surface area contributed by atoms with Crippen molar-refractivity contribution in [3.05, 3.63) is 181 Å². The molecule has 0 saturated carbocycles. The summed E-state index contributed by atoms with van der Waals surface area (Å²) >= 11 is 0. The van der Waals surface area contributed by atoms with E-state index in [1.54, 1.807) is 0 Å². The van der Waals surface area contributed by atoms with Crippen molar-refractivity contribution in [2.24, 2.45) is 0 Å². The van der Waals surface area contributed by atoms with Crippen LogP contribution in [0.4, 0.5) is 0 Å². The van der Waals surface area contributed by atoms with Crippen LogP contribution in [-0.4, -0.2) is 0 Å². The van der Waals surface area contributed by atoms with E-state index in [4.69, 9.17) is 31.8 Å². The van der Waals surface area contributed by atoms with Crippen LogP contribution in [0, 0.1) is 0 Å². The summed E-state index contributed by atoms with van der Waals surface area (Å²) in [5.74, 6) is -0.680. The van der Waals surface area contributed by atoms with Gasteiger partial charge in [0.15, 0.2) is 0 Å². The lowest BCUT2D eigenvalue weighted by molar-refractivity contribution is 0.633. The first-order valence-electron chi connectivity index (χ1n) is 28.1. The SMILES string of the molecule is [2H]c1c([2H])c([2H])c(-c2ccc3oc(-c4c([2H])c5c([2H])c([2H])c([2H])c([2H])c5c5c([2H])c([2H])c([2H])c([2H])c45)c(-c4c5c([2H])c([2H])c([2H])c([2H])c5c(-c5c([2H])c([2H])c([2H])c([2H])c5[2H])c5c([2H])c([2H])c([2H])c([2H])c45)c3c2)c([2H])c1[2H]. The largest absolute Gasteiger partial charge is 0.455 e. The highest BCUT2D eigenvalue weighted by molar-refractivity contribution is 6.26. The molecule has 0 saturated heterocycles. The number of fused-ring (bicyclic) bond motifs is 6. The number of hydrogen-bond donors (Lipinski definition) is 0. The van der Waals surface area contributed by atoms with Crippen LogP contribution in [0.15, 0.2) is 186 Å². The first kappa shape index (κ1) is 11.9. The summed E-state index contributed by atoms with van der Waals surface area (Å²) in [5, 5.41) is -5.18. The first-order chi connectivity index (χ1) is 35.5. The molecule has 9 aromatic carbocycles. The van der Waals surface area contributed by atoms with Crippen molar-refractivity contribution < 1.29 is 41.4 Å². The second kappa shape index (κ2) is 11.1. The van der Waals surface area contributed by atoms with Gasteiger partial charge in [-0.3, -0.25) is 0 Å². The Balaban J connectivity index is 1.60. The Morgan fingerprint density at radius 3 is 1.53 bits per heavy atom. The Morgan fingerprint density at radius 1 is 0.367 bits per heavy atom. The van der Waals surface area contributed by atoms with E-state index in [1.807, 2.05) is 0 Å². The Labute approximate surface area is 322 Å². The monoisotopic (exact) mass is 649 g/mol. The van der Waals surface area contributed by atoms with Crippen molar-refractivity contribution in [1.82, 2.24) is 0 Å². The van der Waals surface area contributed by atoms with E-state index in [1.165, 1.54) is 18.2 Å². The molecule has 0 aliphatic carbocycles. The van der Waals surface area contributed by atoms with Crippen molar-refractivity contribution in [3.63, 3.8) is 0 Å². The Bertz CT molecular complexity index is 4290. The zero-order chi connectivity index (χ0) is 55.8. The fourth-order valence-electron chi connectivity index (χ4n) is 6.21. The topological polar surface area (TPSA) is 13.1 Å². The van der Waals surface area contributed by atoms with E-state index < -0.39 is 240 Å². The summed E-state index contributed by atoms with van der Waals surface area (Å²) in [6.07, 6.45) is 0. The number of benzene rings is 9. The zero-order valence-corrected chi connectivity index (χ0v) is 24.6. The molecule has 0 N–H and O–H groups in total. The van der Waals surface area contributed by atoms with E-state index in [0.717, 1.165) is 0 Å². The average Bonchev–Trinajstić information content (AvgIpc) is 3.92. The molecule has 0 fully saturated rings. The van der Waals surface area contributed by atoms with Crippen molar-refractivity contribution >= 4 is 54.1 Å². The van der Waals surface area contributed by atoms with Gasteiger partial charge in [-0.15, -0.1) is 0 Å². The van der Waals surface area contributed by atoms with Gasteiger partial charge in [-0.25, -0.2) is 0 Å². The number of rotatable bonds is 4. The molecule has 0 unspecified atom stereocenters. The minimum absolute atomic E-state index is 0.142. The van der Waals surface area contributed by atoms with Gasteiger partial charge in [0.1, 0.15) is 11.3 Å². The van der Waals surface area contributed by atoms with Gasteiger partial charge in [-0.05, 0) is 83.5 Å². The first-order valence-corrected chi connectivity index (χ1v) is 14.6. The Hall–Kier alpha value is -6.44. The predicted octanol–water partition coefficient (Wildman–Crippen LogP) is 13.7. The van der Waals surface area contributed by atoms with Crippen LogP contribution < -0.4 is 0 Å². The zero-order valence-electron chi connectivity index (χ0n) is 51.6. The van der Waals surface area contributed by atoms with E-state index in [9.17, 15) is 9.60 Å². The van der Waals surface area contributed by atoms with Gasteiger partial charge in [0.05, 0.1) is 37.0 Å². The predicted molar refractivity (Wildman–Crippen MR) is 208 cm³/mol. The summed E-state index contributed by atoms with van der Waals surface area (Å²) in [6.45, 7) is 0. The molecule has 1 aromatic heterocycles. The quantitative estimate of drug-likeness (QED) is 0.137. The maximum Gasteiger partial charge on any atom is 0.143 e. The molecule has 0 bridgehead atoms. The number of furan rings is 1. The molecule has 1 heteroatoms. The highest BCUT2D eigenvalue weighted by atomic mass is 16.3. The molecule has 1 heterocycles. The van der Waals surface area contributed by atoms with Crippen LogP contribution in [0.1, 0.15) is 37.0 Å². The van der Waals surface area contributed by atoms with Gasteiger partial charge < -0.3 is 4.42 Å². The summed E-state index contributed by atoms with van der Waals surface area (Å²) < 4.78 is 249. The highest BCUT2D eigenvalue weighted by Crippen LogP contribution is 2.51. The summed E-state index contributed by atoms with van der Waals surface area (Å²) in [4.78, 5) is 0. The van der Waals surface area contributed by atoms with Crippen LogP contribution in [0.25, 0.3) is 98.8 Å². The molecule has 49 heavy (non-hydrogen) atoms. The van der Waals surface area contributed by atoms with Crippen molar-refractivity contribution in [2.45, 2.75) is 0 Å². The van der Waals surface area contributed by atoms with E-state index in [-0.39, 0.29) is 22.1 Å². The third kappa shape index (κ3) is 4.33. The maximum absolute atomic E-state index is 9.94. The highest BCUT2D eigenvalue weighted by Gasteiger charge is 2.25. The normalized spacial score (nSPS) is 19.4. The molecular formula is C48H30O. The van der Waals surface area contributed by atoms with Crippen molar-refractivity contribution in [3.8, 4) is 44.7 Å². The van der Waals surface area contributed by atoms with Crippen LogP contribution in [0.5, 0.6) is 0 Å². The standard InChI is InChI=1S/C48H30O/c1-3-15-31(16-4-1)33-27-28-44-43(29-33)47(48(49-44)42-30-34-19-7-8-20-35(34)36-21-9-10-22-37(36)42)46-40-25-13-11-23-38(40)45(32-17-5-2-6-18-32)39-24-12-14-26-41(39)46/h1-30H/i1D,2D,3D,4D,5D,6D,7D,8D,9D,10D,11D,12D,13D,14D,15D,16D,17D,18D,19D,20D,21D,22D,23D,24D,25D,26D,30D. The van der Waals surface area contributed by atoms with E-state index in [0.29, 0.717) is 0 Å². The van der Waals surface area contributed by atoms with Gasteiger partial charge in [0, 0.05) is 22.1 Å². The van der Waals surface area contributed by atoms with Gasteiger partial charge in [-0.2, -0.15) is 0 Å². The Kier molecular flexibility index (Phi) is 2.69. The van der Waals surface area contributed by atoms with Crippen LogP contribution in [0.2, 0.25) is 0 Å². The fraction of sp³-hybridized carbons (Fsp3) is 0. The van der Waals surface area contributed by atoms with Gasteiger partial charge in [0.2, 0.25) is 0 Å². The van der Waals surface area contributed by atoms with Gasteiger partial charge in [-0.1, -0.05) is 163 Å². The van der Waals surface area contributed by atoms with E-state index in [2.05, 4.69) is 0 Å². The van der Waals surface area contributed by atoms with Crippen LogP contribution in [-0.2, 0) is 0 Å². The molecule has 10 rings (SSSR count). The summed E-state index contributed by atoms with van der Waals surface area (Å²) in [5.41, 5.74) is -3.98. The lowest BCUT2D eigenvalue weighted by Gasteiger charge is -2.18. The second-order valence-electron chi connectivity index (χ2n) is 10.8. The molecule has 0 spiro atoms. The molecule has 228 valence electrons. The molecule has 0 radical (unpaired) electrons. The Morgan fingerprint density at radius 2 is 0.878 bits per heavy atom. The molecule has 1 nitrogen and oxygen atoms in total. The third-order valence-electron chi connectivity index (χ3n) is 8.20. The molecule has 10 aromatic rings. The van der Waals surface area contributed by atoms with Crippen LogP contribution in [0.3, 0.4) is 0 Å². The summed E-state index contributed by atoms with van der Waals surface area (Å²) in [6, 6.07) is -20.0. The molecule has 0 atom stereocenters. The third-order valence-corrected chi connectivity index (χ3v) is 8.20. The molecule has 0 aliphatic rings. The smallest absolute Gasteiger partial charge is 0.143 e. The van der Waals surface area contributed by atoms with Crippen LogP contribution >= 0.6 is 0 Å². The van der Waals surface area contributed by atoms with E-state index >= 15 is 0 Å². The summed E-state index contributed by atoms with van der Waals surface area (Å²) in [7, 11) is 0. The minimum Gasteiger partial charge on any atom is -0.455 e. The van der Waals surface area contributed by atoms with Gasteiger partial charge >= 0.3 is 0 Å². The molecule has 0 aliphatic heterocycles. The maximum atomic E-state index is 9.94. The fourth-order valence-corrected chi connectivity index (χ4v) is 6.21.